The Hall–Kier alpha value is -0.660. The van der Waals surface area contributed by atoms with Crippen molar-refractivity contribution in [2.24, 2.45) is 4.99 Å². The fraction of sp³-hybridized carbons (Fsp3) is 0.600. The minimum absolute atomic E-state index is 0.982. The standard InChI is InChI=1S/C5H10N2/c1-2-3-4-7-5-6/h4-6H,2-3H2,1H3. The Labute approximate surface area is 43.8 Å². The summed E-state index contributed by atoms with van der Waals surface area (Å²) in [6.07, 6.45) is 4.88. The zero-order valence-corrected chi connectivity index (χ0v) is 4.52. The summed E-state index contributed by atoms with van der Waals surface area (Å²) in [5, 5.41) is 6.46. The van der Waals surface area contributed by atoms with Gasteiger partial charge in [-0.25, -0.2) is 4.99 Å². The maximum Gasteiger partial charge on any atom is 0.106 e. The molecule has 7 heavy (non-hydrogen) atoms. The molecule has 0 saturated heterocycles. The molecule has 0 aromatic carbocycles. The minimum Gasteiger partial charge on any atom is -0.290 e. The van der Waals surface area contributed by atoms with Gasteiger partial charge in [-0.15, -0.1) is 0 Å². The van der Waals surface area contributed by atoms with Gasteiger partial charge in [0, 0.05) is 6.21 Å². The van der Waals surface area contributed by atoms with Gasteiger partial charge in [-0.05, 0) is 6.42 Å². The lowest BCUT2D eigenvalue weighted by molar-refractivity contribution is 1.01. The summed E-state index contributed by atoms with van der Waals surface area (Å²) >= 11 is 0. The van der Waals surface area contributed by atoms with E-state index in [1.165, 1.54) is 0 Å². The Balaban J connectivity index is 2.92. The first-order valence-corrected chi connectivity index (χ1v) is 2.42. The van der Waals surface area contributed by atoms with Crippen molar-refractivity contribution in [3.63, 3.8) is 0 Å². The molecule has 0 atom stereocenters. The zero-order valence-electron chi connectivity index (χ0n) is 4.52. The van der Waals surface area contributed by atoms with E-state index in [-0.39, 0.29) is 0 Å². The van der Waals surface area contributed by atoms with Crippen LogP contribution in [0.1, 0.15) is 19.8 Å². The average Bonchev–Trinajstić information content (AvgIpc) is 1.69. The predicted octanol–water partition coefficient (Wildman–Crippen LogP) is 1.46. The quantitative estimate of drug-likeness (QED) is 0.410. The van der Waals surface area contributed by atoms with Gasteiger partial charge in [-0.3, -0.25) is 5.41 Å². The van der Waals surface area contributed by atoms with Gasteiger partial charge in [0.2, 0.25) is 0 Å². The van der Waals surface area contributed by atoms with Crippen LogP contribution in [0.3, 0.4) is 0 Å². The Morgan fingerprint density at radius 1 is 1.71 bits per heavy atom. The van der Waals surface area contributed by atoms with E-state index in [4.69, 9.17) is 5.41 Å². The molecule has 0 spiro atoms. The molecule has 0 radical (unpaired) electrons. The lowest BCUT2D eigenvalue weighted by Crippen LogP contribution is -1.70. The van der Waals surface area contributed by atoms with Crippen molar-refractivity contribution in [2.75, 3.05) is 0 Å². The van der Waals surface area contributed by atoms with Crippen LogP contribution in [0, 0.1) is 5.41 Å². The highest BCUT2D eigenvalue weighted by atomic mass is 14.7. The van der Waals surface area contributed by atoms with E-state index in [1.807, 2.05) is 0 Å². The van der Waals surface area contributed by atoms with E-state index in [9.17, 15) is 0 Å². The number of aliphatic imine (C=N–C) groups is 1. The molecule has 0 rings (SSSR count). The first-order valence-electron chi connectivity index (χ1n) is 2.42. The van der Waals surface area contributed by atoms with E-state index in [0.717, 1.165) is 19.2 Å². The monoisotopic (exact) mass is 98.1 g/mol. The van der Waals surface area contributed by atoms with E-state index < -0.39 is 0 Å². The second kappa shape index (κ2) is 5.34. The van der Waals surface area contributed by atoms with Crippen molar-refractivity contribution >= 4 is 12.6 Å². The SMILES string of the molecule is CCCC=NC=N. The second-order valence-corrected chi connectivity index (χ2v) is 1.25. The summed E-state index contributed by atoms with van der Waals surface area (Å²) < 4.78 is 0. The normalized spacial score (nSPS) is 9.86. The molecule has 2 nitrogen and oxygen atoms in total. The molecule has 0 aliphatic heterocycles. The lowest BCUT2D eigenvalue weighted by atomic mass is 10.4. The summed E-state index contributed by atoms with van der Waals surface area (Å²) in [7, 11) is 0. The third-order valence-corrected chi connectivity index (χ3v) is 0.598. The van der Waals surface area contributed by atoms with Crippen LogP contribution in [0.25, 0.3) is 0 Å². The van der Waals surface area contributed by atoms with Crippen molar-refractivity contribution in [1.82, 2.24) is 0 Å². The maximum absolute atomic E-state index is 6.46. The van der Waals surface area contributed by atoms with Crippen LogP contribution in [0.4, 0.5) is 0 Å². The van der Waals surface area contributed by atoms with Crippen molar-refractivity contribution in [2.45, 2.75) is 19.8 Å². The van der Waals surface area contributed by atoms with Crippen LogP contribution in [-0.2, 0) is 0 Å². The van der Waals surface area contributed by atoms with Crippen molar-refractivity contribution in [3.8, 4) is 0 Å². The molecular weight excluding hydrogens is 88.1 g/mol. The van der Waals surface area contributed by atoms with Crippen LogP contribution in [0.5, 0.6) is 0 Å². The minimum atomic E-state index is 0.982. The first kappa shape index (κ1) is 6.34. The van der Waals surface area contributed by atoms with E-state index in [0.29, 0.717) is 0 Å². The molecule has 0 aromatic rings. The Bertz CT molecular complexity index is 66.5. The van der Waals surface area contributed by atoms with E-state index in [1.54, 1.807) is 6.21 Å². The van der Waals surface area contributed by atoms with Crippen LogP contribution in [-0.4, -0.2) is 12.6 Å². The largest absolute Gasteiger partial charge is 0.290 e. The highest BCUT2D eigenvalue weighted by Gasteiger charge is 1.67. The van der Waals surface area contributed by atoms with Crippen molar-refractivity contribution < 1.29 is 0 Å². The molecule has 0 heterocycles. The Morgan fingerprint density at radius 2 is 2.43 bits per heavy atom. The smallest absolute Gasteiger partial charge is 0.106 e. The molecule has 1 N–H and O–H groups in total. The number of unbranched alkanes of at least 4 members (excludes halogenated alkanes) is 1. The van der Waals surface area contributed by atoms with E-state index >= 15 is 0 Å². The van der Waals surface area contributed by atoms with Gasteiger partial charge in [-0.1, -0.05) is 13.3 Å². The first-order chi connectivity index (χ1) is 3.41. The fourth-order valence-electron chi connectivity index (χ4n) is 0.256. The van der Waals surface area contributed by atoms with Crippen LogP contribution < -0.4 is 0 Å². The Kier molecular flexibility index (Phi) is 4.84. The van der Waals surface area contributed by atoms with Gasteiger partial charge in [-0.2, -0.15) is 0 Å². The summed E-state index contributed by atoms with van der Waals surface area (Å²) in [4.78, 5) is 3.58. The highest BCUT2D eigenvalue weighted by molar-refractivity contribution is 5.70. The number of nitrogens with one attached hydrogen (secondary N) is 1. The van der Waals surface area contributed by atoms with Crippen LogP contribution >= 0.6 is 0 Å². The summed E-state index contributed by atoms with van der Waals surface area (Å²) in [6.45, 7) is 2.08. The van der Waals surface area contributed by atoms with E-state index in [2.05, 4.69) is 11.9 Å². The Morgan fingerprint density at radius 3 is 2.86 bits per heavy atom. The van der Waals surface area contributed by atoms with Gasteiger partial charge in [0.05, 0.1) is 0 Å². The molecule has 0 aliphatic rings. The second-order valence-electron chi connectivity index (χ2n) is 1.25. The molecule has 0 aromatic heterocycles. The van der Waals surface area contributed by atoms with Gasteiger partial charge in [0.1, 0.15) is 6.34 Å². The summed E-state index contributed by atoms with van der Waals surface area (Å²) in [6, 6.07) is 0. The van der Waals surface area contributed by atoms with Crippen LogP contribution in [0.15, 0.2) is 4.99 Å². The molecule has 0 bridgehead atoms. The number of nitrogens with zero attached hydrogens (tertiary/aromatic N) is 1. The van der Waals surface area contributed by atoms with Gasteiger partial charge >= 0.3 is 0 Å². The molecule has 2 heteroatoms. The zero-order chi connectivity index (χ0) is 5.54. The number of hydrogen-bond acceptors (Lipinski definition) is 1. The molecule has 0 saturated carbocycles. The molecule has 0 fully saturated rings. The van der Waals surface area contributed by atoms with Gasteiger partial charge < -0.3 is 0 Å². The van der Waals surface area contributed by atoms with Crippen LogP contribution in [0.2, 0.25) is 0 Å². The van der Waals surface area contributed by atoms with Gasteiger partial charge in [0.15, 0.2) is 0 Å². The fourth-order valence-corrected chi connectivity index (χ4v) is 0.256. The topological polar surface area (TPSA) is 36.2 Å². The summed E-state index contributed by atoms with van der Waals surface area (Å²) in [5.41, 5.74) is 0. The molecule has 40 valence electrons. The maximum atomic E-state index is 6.46. The lowest BCUT2D eigenvalue weighted by Gasteiger charge is -1.76. The highest BCUT2D eigenvalue weighted by Crippen LogP contribution is 1.77. The third-order valence-electron chi connectivity index (χ3n) is 0.598. The number of hydrogen-bond donors (Lipinski definition) is 1. The van der Waals surface area contributed by atoms with Gasteiger partial charge in [0.25, 0.3) is 0 Å². The molecule has 0 amide bonds. The molecule has 0 aliphatic carbocycles. The average molecular weight is 98.1 g/mol. The third kappa shape index (κ3) is 5.34. The predicted molar refractivity (Wildman–Crippen MR) is 32.2 cm³/mol. The molecular formula is C5H10N2. The number of rotatable bonds is 3. The molecule has 0 unspecified atom stereocenters. The summed E-state index contributed by atoms with van der Waals surface area (Å²) in [5.74, 6) is 0. The van der Waals surface area contributed by atoms with Crippen molar-refractivity contribution in [1.29, 1.82) is 5.41 Å². The van der Waals surface area contributed by atoms with Crippen molar-refractivity contribution in [3.05, 3.63) is 0 Å².